The van der Waals surface area contributed by atoms with Gasteiger partial charge in [0.25, 0.3) is 0 Å². The monoisotopic (exact) mass is 286 g/mol. The second-order valence-electron chi connectivity index (χ2n) is 7.75. The summed E-state index contributed by atoms with van der Waals surface area (Å²) in [5.74, 6) is 0.135. The third-order valence-corrected chi connectivity index (χ3v) is 3.67. The molecule has 0 radical (unpaired) electrons. The first-order chi connectivity index (χ1) is 9.53. The summed E-state index contributed by atoms with van der Waals surface area (Å²) in [6.07, 6.45) is 0. The Hall–Kier alpha value is -1.77. The normalized spacial score (nSPS) is 12.7. The average molecular weight is 286 g/mol. The molecular weight excluding hydrogens is 260 g/mol. The molecule has 0 aliphatic carbocycles. The molecule has 21 heavy (non-hydrogen) atoms. The largest absolute Gasteiger partial charge is 0.492 e. The third kappa shape index (κ3) is 2.82. The molecule has 2 aromatic rings. The molecule has 0 amide bonds. The van der Waals surface area contributed by atoms with E-state index in [1.165, 1.54) is 0 Å². The van der Waals surface area contributed by atoms with Crippen LogP contribution in [0, 0.1) is 6.92 Å². The molecule has 0 saturated heterocycles. The summed E-state index contributed by atoms with van der Waals surface area (Å²) in [5.41, 5.74) is 3.89. The predicted octanol–water partition coefficient (Wildman–Crippen LogP) is 4.48. The highest BCUT2D eigenvalue weighted by Crippen LogP contribution is 2.40. The van der Waals surface area contributed by atoms with Gasteiger partial charge in [0.05, 0.1) is 11.4 Å². The number of hydrogen-bond acceptors (Lipinski definition) is 2. The van der Waals surface area contributed by atoms with Gasteiger partial charge in [-0.05, 0) is 24.0 Å². The highest BCUT2D eigenvalue weighted by molar-refractivity contribution is 5.48. The molecule has 1 heterocycles. The maximum absolute atomic E-state index is 10.4. The summed E-state index contributed by atoms with van der Waals surface area (Å²) in [7, 11) is 0. The summed E-state index contributed by atoms with van der Waals surface area (Å²) < 4.78 is 1.91. The van der Waals surface area contributed by atoms with Crippen molar-refractivity contribution in [3.8, 4) is 11.6 Å². The first kappa shape index (κ1) is 15.6. The summed E-state index contributed by atoms with van der Waals surface area (Å²) in [6, 6.07) is 8.13. The highest BCUT2D eigenvalue weighted by atomic mass is 16.3. The van der Waals surface area contributed by atoms with Crippen LogP contribution < -0.4 is 0 Å². The second kappa shape index (κ2) is 4.90. The molecular formula is C18H26N2O. The Morgan fingerprint density at radius 3 is 2.00 bits per heavy atom. The van der Waals surface area contributed by atoms with Gasteiger partial charge in [0.1, 0.15) is 0 Å². The van der Waals surface area contributed by atoms with E-state index in [0.29, 0.717) is 0 Å². The molecule has 114 valence electrons. The second-order valence-corrected chi connectivity index (χ2v) is 7.75. The van der Waals surface area contributed by atoms with Crippen molar-refractivity contribution in [2.24, 2.45) is 0 Å². The molecule has 0 saturated carbocycles. The van der Waals surface area contributed by atoms with Crippen molar-refractivity contribution in [3.63, 3.8) is 0 Å². The van der Waals surface area contributed by atoms with E-state index in [2.05, 4.69) is 59.6 Å². The Kier molecular flexibility index (Phi) is 3.64. The first-order valence-electron chi connectivity index (χ1n) is 7.42. The van der Waals surface area contributed by atoms with Crippen molar-refractivity contribution in [1.82, 2.24) is 9.78 Å². The predicted molar refractivity (Wildman–Crippen MR) is 87.4 cm³/mol. The quantitative estimate of drug-likeness (QED) is 0.839. The van der Waals surface area contributed by atoms with Crippen LogP contribution in [0.15, 0.2) is 24.3 Å². The van der Waals surface area contributed by atoms with Crippen LogP contribution in [-0.4, -0.2) is 14.9 Å². The Morgan fingerprint density at radius 2 is 1.52 bits per heavy atom. The Balaban J connectivity index is 2.84. The molecule has 0 aliphatic heterocycles. The lowest BCUT2D eigenvalue weighted by atomic mass is 9.79. The average Bonchev–Trinajstić information content (AvgIpc) is 2.66. The fraction of sp³-hybridized carbons (Fsp3) is 0.500. The number of rotatable bonds is 1. The molecule has 1 N–H and O–H groups in total. The van der Waals surface area contributed by atoms with E-state index in [1.54, 1.807) is 0 Å². The van der Waals surface area contributed by atoms with E-state index in [1.807, 2.05) is 22.9 Å². The third-order valence-electron chi connectivity index (χ3n) is 3.67. The van der Waals surface area contributed by atoms with Gasteiger partial charge in [0.2, 0.25) is 5.88 Å². The first-order valence-corrected chi connectivity index (χ1v) is 7.42. The van der Waals surface area contributed by atoms with Gasteiger partial charge in [0.15, 0.2) is 0 Å². The minimum absolute atomic E-state index is 0.112. The zero-order valence-electron chi connectivity index (χ0n) is 14.2. The van der Waals surface area contributed by atoms with E-state index in [9.17, 15) is 5.11 Å². The molecule has 2 rings (SSSR count). The maximum Gasteiger partial charge on any atom is 0.234 e. The van der Waals surface area contributed by atoms with Crippen LogP contribution in [0.1, 0.15) is 58.4 Å². The standard InChI is InChI=1S/C18H26N2O/c1-12-10-8-9-11-13(12)20-15(18(5,6)7)14(16(21)19-20)17(2,3)4/h8-11H,1-7H3,(H,19,21). The number of hydrogen-bond donors (Lipinski definition) is 1. The Labute approximate surface area is 127 Å². The molecule has 0 spiro atoms. The number of nitrogens with zero attached hydrogens (tertiary/aromatic N) is 2. The van der Waals surface area contributed by atoms with Crippen molar-refractivity contribution >= 4 is 0 Å². The smallest absolute Gasteiger partial charge is 0.234 e. The number of para-hydroxylation sites is 1. The van der Waals surface area contributed by atoms with Crippen molar-refractivity contribution in [1.29, 1.82) is 0 Å². The number of aromatic nitrogens is 2. The molecule has 0 unspecified atom stereocenters. The fourth-order valence-electron chi connectivity index (χ4n) is 2.77. The van der Waals surface area contributed by atoms with Crippen molar-refractivity contribution in [3.05, 3.63) is 41.1 Å². The van der Waals surface area contributed by atoms with Crippen LogP contribution >= 0.6 is 0 Å². The van der Waals surface area contributed by atoms with E-state index >= 15 is 0 Å². The lowest BCUT2D eigenvalue weighted by molar-refractivity contribution is 0.425. The molecule has 3 nitrogen and oxygen atoms in total. The van der Waals surface area contributed by atoms with Crippen LogP contribution in [-0.2, 0) is 10.8 Å². The van der Waals surface area contributed by atoms with Gasteiger partial charge in [0, 0.05) is 11.0 Å². The van der Waals surface area contributed by atoms with Gasteiger partial charge in [-0.2, -0.15) is 0 Å². The number of aryl methyl sites for hydroxylation is 1. The molecule has 0 atom stereocenters. The van der Waals surface area contributed by atoms with E-state index in [-0.39, 0.29) is 16.7 Å². The number of benzene rings is 1. The van der Waals surface area contributed by atoms with E-state index < -0.39 is 0 Å². The number of aromatic hydroxyl groups is 1. The lowest BCUT2D eigenvalue weighted by Gasteiger charge is -2.27. The fourth-order valence-corrected chi connectivity index (χ4v) is 2.77. The highest BCUT2D eigenvalue weighted by Gasteiger charge is 2.34. The lowest BCUT2D eigenvalue weighted by Crippen LogP contribution is -2.24. The molecule has 0 bridgehead atoms. The van der Waals surface area contributed by atoms with Gasteiger partial charge in [-0.15, -0.1) is 5.10 Å². The zero-order valence-corrected chi connectivity index (χ0v) is 14.2. The molecule has 0 aliphatic rings. The minimum Gasteiger partial charge on any atom is -0.492 e. The Bertz CT molecular complexity index is 655. The summed E-state index contributed by atoms with van der Waals surface area (Å²) in [6.45, 7) is 14.9. The van der Waals surface area contributed by atoms with E-state index in [4.69, 9.17) is 0 Å². The van der Waals surface area contributed by atoms with Gasteiger partial charge in [-0.1, -0.05) is 59.7 Å². The van der Waals surface area contributed by atoms with Gasteiger partial charge in [-0.25, -0.2) is 4.68 Å². The summed E-state index contributed by atoms with van der Waals surface area (Å²) in [4.78, 5) is 0. The van der Waals surface area contributed by atoms with Crippen molar-refractivity contribution in [2.45, 2.75) is 59.3 Å². The van der Waals surface area contributed by atoms with Crippen LogP contribution in [0.2, 0.25) is 0 Å². The van der Waals surface area contributed by atoms with E-state index in [0.717, 1.165) is 22.5 Å². The molecule has 3 heteroatoms. The molecule has 1 aromatic carbocycles. The van der Waals surface area contributed by atoms with Crippen LogP contribution in [0.25, 0.3) is 5.69 Å². The van der Waals surface area contributed by atoms with Crippen LogP contribution in [0.3, 0.4) is 0 Å². The zero-order chi connectivity index (χ0) is 16.0. The van der Waals surface area contributed by atoms with Crippen LogP contribution in [0.5, 0.6) is 5.88 Å². The Morgan fingerprint density at radius 1 is 0.952 bits per heavy atom. The van der Waals surface area contributed by atoms with Gasteiger partial charge in [-0.3, -0.25) is 0 Å². The minimum atomic E-state index is -0.159. The molecule has 0 fully saturated rings. The van der Waals surface area contributed by atoms with Gasteiger partial charge < -0.3 is 5.11 Å². The topological polar surface area (TPSA) is 38.0 Å². The SMILES string of the molecule is Cc1ccccc1-n1nc(O)c(C(C)(C)C)c1C(C)(C)C. The molecule has 1 aromatic heterocycles. The van der Waals surface area contributed by atoms with Crippen molar-refractivity contribution < 1.29 is 5.11 Å². The summed E-state index contributed by atoms with van der Waals surface area (Å²) >= 11 is 0. The van der Waals surface area contributed by atoms with Crippen LogP contribution in [0.4, 0.5) is 0 Å². The summed E-state index contributed by atoms with van der Waals surface area (Å²) in [5, 5.41) is 14.9. The maximum atomic E-state index is 10.4. The van der Waals surface area contributed by atoms with Crippen molar-refractivity contribution in [2.75, 3.05) is 0 Å². The van der Waals surface area contributed by atoms with Gasteiger partial charge >= 0.3 is 0 Å².